The molecule has 0 spiro atoms. The Morgan fingerprint density at radius 2 is 1.97 bits per heavy atom. The van der Waals surface area contributed by atoms with Crippen molar-refractivity contribution >= 4 is 10.0 Å². The second kappa shape index (κ2) is 7.65. The smallest absolute Gasteiger partial charge is 0.339 e. The van der Waals surface area contributed by atoms with Crippen LogP contribution >= 0.6 is 0 Å². The fourth-order valence-corrected chi connectivity index (χ4v) is 6.15. The Labute approximate surface area is 174 Å². The third-order valence-corrected chi connectivity index (χ3v) is 8.00. The third-order valence-electron chi connectivity index (χ3n) is 6.30. The van der Waals surface area contributed by atoms with Crippen LogP contribution in [-0.2, 0) is 29.8 Å². The number of aromatic nitrogens is 2. The summed E-state index contributed by atoms with van der Waals surface area (Å²) >= 11 is 0. The van der Waals surface area contributed by atoms with E-state index in [2.05, 4.69) is 10.3 Å². The first-order valence-corrected chi connectivity index (χ1v) is 11.4. The van der Waals surface area contributed by atoms with E-state index in [-0.39, 0.29) is 16.5 Å². The minimum atomic E-state index is -4.36. The highest BCUT2D eigenvalue weighted by Crippen LogP contribution is 2.42. The molecular weight excluding hydrogens is 417 g/mol. The fraction of sp³-hybridized carbons (Fsp3) is 0.550. The number of sulfonamides is 1. The first-order valence-electron chi connectivity index (χ1n) is 9.99. The van der Waals surface area contributed by atoms with E-state index in [1.165, 1.54) is 29.0 Å². The van der Waals surface area contributed by atoms with Crippen molar-refractivity contribution in [3.63, 3.8) is 0 Å². The molecular formula is C20H25F3N4O2S. The molecule has 0 amide bonds. The first-order chi connectivity index (χ1) is 14.1. The van der Waals surface area contributed by atoms with Crippen molar-refractivity contribution in [3.8, 4) is 0 Å². The summed E-state index contributed by atoms with van der Waals surface area (Å²) in [4.78, 5) is 4.01. The van der Waals surface area contributed by atoms with Gasteiger partial charge >= 0.3 is 6.18 Å². The van der Waals surface area contributed by atoms with Crippen molar-refractivity contribution < 1.29 is 21.6 Å². The van der Waals surface area contributed by atoms with Crippen LogP contribution in [0.2, 0.25) is 0 Å². The van der Waals surface area contributed by atoms with Crippen molar-refractivity contribution in [2.75, 3.05) is 13.1 Å². The molecule has 1 saturated heterocycles. The SMILES string of the molecule is Cn1cnc(S(=O)(=O)N2CC3CCCCC3(NCc3ccc(C(F)(F)F)cc3)C2)c1. The molecule has 164 valence electrons. The number of aryl methyl sites for hydroxylation is 1. The van der Waals surface area contributed by atoms with E-state index in [4.69, 9.17) is 0 Å². The summed E-state index contributed by atoms with van der Waals surface area (Å²) in [5.41, 5.74) is -0.302. The molecule has 30 heavy (non-hydrogen) atoms. The van der Waals surface area contributed by atoms with Crippen molar-refractivity contribution in [2.45, 2.75) is 49.0 Å². The number of hydrogen-bond acceptors (Lipinski definition) is 4. The molecule has 1 saturated carbocycles. The summed E-state index contributed by atoms with van der Waals surface area (Å²) in [6.45, 7) is 1.17. The van der Waals surface area contributed by atoms with Gasteiger partial charge in [0.25, 0.3) is 10.0 Å². The number of fused-ring (bicyclic) bond motifs is 1. The monoisotopic (exact) mass is 442 g/mol. The Bertz CT molecular complexity index is 1000. The molecule has 2 aliphatic rings. The van der Waals surface area contributed by atoms with Crippen LogP contribution in [0.1, 0.15) is 36.8 Å². The summed E-state index contributed by atoms with van der Waals surface area (Å²) < 4.78 is 67.6. The molecule has 1 aromatic carbocycles. The van der Waals surface area contributed by atoms with Gasteiger partial charge in [-0.15, -0.1) is 0 Å². The summed E-state index contributed by atoms with van der Waals surface area (Å²) in [5, 5.41) is 3.56. The fourth-order valence-electron chi connectivity index (χ4n) is 4.63. The average molecular weight is 443 g/mol. The standard InChI is InChI=1S/C20H25F3N4O2S/c1-26-12-18(24-14-26)30(28,29)27-11-17-4-2-3-9-19(17,13-27)25-10-15-5-7-16(8-6-15)20(21,22)23/h5-8,12,14,17,25H,2-4,9-11,13H2,1H3. The first kappa shape index (κ1) is 21.3. The number of imidazole rings is 1. The molecule has 2 unspecified atom stereocenters. The van der Waals surface area contributed by atoms with Gasteiger partial charge in [-0.3, -0.25) is 0 Å². The van der Waals surface area contributed by atoms with Crippen LogP contribution in [0, 0.1) is 5.92 Å². The second-order valence-electron chi connectivity index (χ2n) is 8.32. The maximum Gasteiger partial charge on any atom is 0.416 e. The Balaban J connectivity index is 1.51. The van der Waals surface area contributed by atoms with E-state index in [0.29, 0.717) is 19.6 Å². The molecule has 1 aliphatic carbocycles. The number of nitrogens with one attached hydrogen (secondary N) is 1. The number of hydrogen-bond donors (Lipinski definition) is 1. The van der Waals surface area contributed by atoms with Crippen molar-refractivity contribution in [1.82, 2.24) is 19.2 Å². The zero-order valence-electron chi connectivity index (χ0n) is 16.7. The highest BCUT2D eigenvalue weighted by atomic mass is 32.2. The minimum absolute atomic E-state index is 0.0431. The van der Waals surface area contributed by atoms with Crippen LogP contribution in [0.3, 0.4) is 0 Å². The van der Waals surface area contributed by atoms with Crippen molar-refractivity contribution in [2.24, 2.45) is 13.0 Å². The molecule has 4 rings (SSSR count). The van der Waals surface area contributed by atoms with Gasteiger partial charge in [-0.1, -0.05) is 25.0 Å². The van der Waals surface area contributed by atoms with E-state index < -0.39 is 21.8 Å². The van der Waals surface area contributed by atoms with Crippen molar-refractivity contribution in [1.29, 1.82) is 0 Å². The lowest BCUT2D eigenvalue weighted by Gasteiger charge is -2.39. The molecule has 2 atom stereocenters. The Kier molecular flexibility index (Phi) is 5.44. The lowest BCUT2D eigenvalue weighted by atomic mass is 9.75. The summed E-state index contributed by atoms with van der Waals surface area (Å²) in [5.74, 6) is 0.166. The van der Waals surface area contributed by atoms with E-state index in [1.54, 1.807) is 11.6 Å². The summed E-state index contributed by atoms with van der Waals surface area (Å²) in [6, 6.07) is 5.11. The van der Waals surface area contributed by atoms with Crippen LogP contribution in [0.4, 0.5) is 13.2 Å². The van der Waals surface area contributed by atoms with Gasteiger partial charge in [0.05, 0.1) is 11.9 Å². The Hall–Kier alpha value is -1.91. The van der Waals surface area contributed by atoms with Gasteiger partial charge in [-0.2, -0.15) is 17.5 Å². The van der Waals surface area contributed by atoms with Gasteiger partial charge in [0.1, 0.15) is 0 Å². The predicted octanol–water partition coefficient (Wildman–Crippen LogP) is 3.16. The lowest BCUT2D eigenvalue weighted by molar-refractivity contribution is -0.137. The van der Waals surface area contributed by atoms with E-state index >= 15 is 0 Å². The number of rotatable bonds is 5. The number of halogens is 3. The molecule has 2 heterocycles. The predicted molar refractivity (Wildman–Crippen MR) is 105 cm³/mol. The van der Waals surface area contributed by atoms with Gasteiger partial charge in [-0.25, -0.2) is 13.4 Å². The second-order valence-corrected chi connectivity index (χ2v) is 10.2. The zero-order chi connectivity index (χ0) is 21.6. The van der Waals surface area contributed by atoms with Crippen LogP contribution < -0.4 is 5.32 Å². The number of alkyl halides is 3. The number of benzene rings is 1. The molecule has 10 heteroatoms. The Morgan fingerprint density at radius 1 is 1.23 bits per heavy atom. The van der Waals surface area contributed by atoms with Gasteiger partial charge in [0.15, 0.2) is 5.03 Å². The molecule has 2 fully saturated rings. The van der Waals surface area contributed by atoms with Crippen molar-refractivity contribution in [3.05, 3.63) is 47.9 Å². The largest absolute Gasteiger partial charge is 0.416 e. The van der Waals surface area contributed by atoms with Gasteiger partial charge in [0, 0.05) is 38.4 Å². The molecule has 1 N–H and O–H groups in total. The summed E-state index contributed by atoms with van der Waals surface area (Å²) in [7, 11) is -1.96. The minimum Gasteiger partial charge on any atom is -0.339 e. The third kappa shape index (κ3) is 4.00. The molecule has 2 aromatic rings. The summed E-state index contributed by atoms with van der Waals surface area (Å²) in [6.07, 6.45) is 2.42. The lowest BCUT2D eigenvalue weighted by Crippen LogP contribution is -2.53. The molecule has 0 bridgehead atoms. The quantitative estimate of drug-likeness (QED) is 0.773. The highest BCUT2D eigenvalue weighted by molar-refractivity contribution is 7.89. The van der Waals surface area contributed by atoms with Gasteiger partial charge in [0.2, 0.25) is 0 Å². The molecule has 1 aromatic heterocycles. The molecule has 1 aliphatic heterocycles. The molecule has 6 nitrogen and oxygen atoms in total. The van der Waals surface area contributed by atoms with Crippen LogP contribution in [0.15, 0.2) is 41.8 Å². The van der Waals surface area contributed by atoms with Crippen LogP contribution in [0.5, 0.6) is 0 Å². The van der Waals surface area contributed by atoms with Crippen LogP contribution in [0.25, 0.3) is 0 Å². The van der Waals surface area contributed by atoms with Gasteiger partial charge in [-0.05, 0) is 36.5 Å². The maximum absolute atomic E-state index is 13.1. The zero-order valence-corrected chi connectivity index (χ0v) is 17.5. The van der Waals surface area contributed by atoms with E-state index in [9.17, 15) is 21.6 Å². The van der Waals surface area contributed by atoms with Gasteiger partial charge < -0.3 is 9.88 Å². The average Bonchev–Trinajstić information content (AvgIpc) is 3.31. The number of nitrogens with zero attached hydrogens (tertiary/aromatic N) is 3. The maximum atomic E-state index is 13.1. The van der Waals surface area contributed by atoms with Crippen LogP contribution in [-0.4, -0.2) is 40.9 Å². The highest BCUT2D eigenvalue weighted by Gasteiger charge is 2.51. The van der Waals surface area contributed by atoms with E-state index in [1.807, 2.05) is 0 Å². The normalized spacial score (nSPS) is 25.4. The Morgan fingerprint density at radius 3 is 2.60 bits per heavy atom. The molecule has 0 radical (unpaired) electrons. The topological polar surface area (TPSA) is 67.2 Å². The van der Waals surface area contributed by atoms with E-state index in [0.717, 1.165) is 43.4 Å².